The standard InChI is InChI=1S/C19H25Cl2NO5S/c1-17(2,3)27-16(23)22-8-7-19(13-5-6-14(20)15(21)9-13)10-18(19,11-22)12-26-28(4,24)25/h5-6,9H,7-8,10-12H2,1-4H3/t18-,19?/m1/s1. The monoisotopic (exact) mass is 449 g/mol. The lowest BCUT2D eigenvalue weighted by atomic mass is 9.80. The first kappa shape index (κ1) is 21.7. The second-order valence-corrected chi connectivity index (χ2v) is 11.2. The lowest BCUT2D eigenvalue weighted by Gasteiger charge is -2.38. The molecule has 1 unspecified atom stereocenters. The van der Waals surface area contributed by atoms with E-state index in [9.17, 15) is 13.2 Å². The number of amides is 1. The lowest BCUT2D eigenvalue weighted by Crippen LogP contribution is -2.48. The van der Waals surface area contributed by atoms with Gasteiger partial charge in [-0.1, -0.05) is 29.3 Å². The van der Waals surface area contributed by atoms with Crippen LogP contribution in [-0.2, 0) is 24.5 Å². The fourth-order valence-corrected chi connectivity index (χ4v) is 4.89. The number of piperidine rings is 1. The average molecular weight is 450 g/mol. The molecule has 3 rings (SSSR count). The van der Waals surface area contributed by atoms with E-state index >= 15 is 0 Å². The Morgan fingerprint density at radius 1 is 1.25 bits per heavy atom. The van der Waals surface area contributed by atoms with Crippen molar-refractivity contribution in [1.82, 2.24) is 4.90 Å². The summed E-state index contributed by atoms with van der Waals surface area (Å²) >= 11 is 12.3. The number of ether oxygens (including phenoxy) is 1. The van der Waals surface area contributed by atoms with Crippen LogP contribution >= 0.6 is 23.2 Å². The zero-order valence-electron chi connectivity index (χ0n) is 16.4. The first-order valence-corrected chi connectivity index (χ1v) is 11.6. The van der Waals surface area contributed by atoms with Crippen LogP contribution in [0.5, 0.6) is 0 Å². The van der Waals surface area contributed by atoms with Crippen molar-refractivity contribution < 1.29 is 22.1 Å². The third-order valence-corrected chi connectivity index (χ3v) is 6.79. The lowest BCUT2D eigenvalue weighted by molar-refractivity contribution is 0.0104. The molecule has 1 saturated carbocycles. The van der Waals surface area contributed by atoms with E-state index in [4.69, 9.17) is 32.1 Å². The van der Waals surface area contributed by atoms with Crippen molar-refractivity contribution in [3.8, 4) is 0 Å². The van der Waals surface area contributed by atoms with Crippen LogP contribution < -0.4 is 0 Å². The number of hydrogen-bond donors (Lipinski definition) is 0. The van der Waals surface area contributed by atoms with Crippen molar-refractivity contribution in [1.29, 1.82) is 0 Å². The van der Waals surface area contributed by atoms with Crippen LogP contribution in [0, 0.1) is 5.41 Å². The third kappa shape index (κ3) is 4.27. The zero-order chi connectivity index (χ0) is 21.0. The minimum absolute atomic E-state index is 0.00533. The van der Waals surface area contributed by atoms with Crippen molar-refractivity contribution in [3.05, 3.63) is 33.8 Å². The van der Waals surface area contributed by atoms with Crippen molar-refractivity contribution in [2.45, 2.75) is 44.6 Å². The molecule has 0 radical (unpaired) electrons. The normalized spacial score (nSPS) is 27.3. The van der Waals surface area contributed by atoms with Crippen LogP contribution in [0.3, 0.4) is 0 Å². The molecule has 1 aliphatic carbocycles. The summed E-state index contributed by atoms with van der Waals surface area (Å²) < 4.78 is 33.9. The Balaban J connectivity index is 1.89. The van der Waals surface area contributed by atoms with Gasteiger partial charge in [-0.05, 0) is 51.3 Å². The van der Waals surface area contributed by atoms with E-state index in [0.717, 1.165) is 11.8 Å². The number of hydrogen-bond acceptors (Lipinski definition) is 5. The van der Waals surface area contributed by atoms with Crippen LogP contribution in [0.15, 0.2) is 18.2 Å². The van der Waals surface area contributed by atoms with Gasteiger partial charge in [0.1, 0.15) is 5.60 Å². The molecule has 1 aliphatic heterocycles. The molecule has 156 valence electrons. The molecule has 0 spiro atoms. The second-order valence-electron chi connectivity index (χ2n) is 8.79. The van der Waals surface area contributed by atoms with Gasteiger partial charge in [0.05, 0.1) is 22.9 Å². The Morgan fingerprint density at radius 2 is 1.93 bits per heavy atom. The van der Waals surface area contributed by atoms with E-state index in [1.54, 1.807) is 11.0 Å². The summed E-state index contributed by atoms with van der Waals surface area (Å²) in [7, 11) is -3.61. The van der Waals surface area contributed by atoms with Gasteiger partial charge >= 0.3 is 6.09 Å². The van der Waals surface area contributed by atoms with Gasteiger partial charge in [-0.25, -0.2) is 4.79 Å². The summed E-state index contributed by atoms with van der Waals surface area (Å²) in [6, 6.07) is 5.49. The van der Waals surface area contributed by atoms with Gasteiger partial charge in [0.15, 0.2) is 0 Å². The molecule has 1 amide bonds. The van der Waals surface area contributed by atoms with E-state index in [2.05, 4.69) is 0 Å². The Kier molecular flexibility index (Phi) is 5.45. The molecule has 2 atom stereocenters. The van der Waals surface area contributed by atoms with Crippen LogP contribution in [0.4, 0.5) is 4.79 Å². The number of fused-ring (bicyclic) bond motifs is 1. The van der Waals surface area contributed by atoms with Gasteiger partial charge in [0.2, 0.25) is 0 Å². The van der Waals surface area contributed by atoms with Crippen LogP contribution in [0.1, 0.15) is 39.2 Å². The highest BCUT2D eigenvalue weighted by atomic mass is 35.5. The number of halogens is 2. The third-order valence-electron chi connectivity index (χ3n) is 5.51. The van der Waals surface area contributed by atoms with Crippen molar-refractivity contribution in [2.24, 2.45) is 5.41 Å². The SMILES string of the molecule is CC(C)(C)OC(=O)N1CCC2(c3ccc(Cl)c(Cl)c3)C[C@]2(COS(C)(=O)=O)C1. The highest BCUT2D eigenvalue weighted by Crippen LogP contribution is 2.69. The highest BCUT2D eigenvalue weighted by molar-refractivity contribution is 7.85. The molecule has 1 saturated heterocycles. The fraction of sp³-hybridized carbons (Fsp3) is 0.632. The quantitative estimate of drug-likeness (QED) is 0.642. The van der Waals surface area contributed by atoms with Crippen LogP contribution in [-0.4, -0.2) is 51.0 Å². The predicted molar refractivity (Wildman–Crippen MR) is 108 cm³/mol. The van der Waals surface area contributed by atoms with Crippen LogP contribution in [0.25, 0.3) is 0 Å². The van der Waals surface area contributed by atoms with E-state index in [-0.39, 0.29) is 12.0 Å². The number of rotatable bonds is 4. The van der Waals surface area contributed by atoms with E-state index < -0.39 is 27.2 Å². The topological polar surface area (TPSA) is 72.9 Å². The largest absolute Gasteiger partial charge is 0.444 e. The van der Waals surface area contributed by atoms with Crippen molar-refractivity contribution in [3.63, 3.8) is 0 Å². The number of carbonyl (C=O) groups excluding carboxylic acids is 1. The Morgan fingerprint density at radius 3 is 2.50 bits per heavy atom. The molecule has 1 aromatic rings. The number of carbonyl (C=O) groups is 1. The molecular formula is C19H25Cl2NO5S. The summed E-state index contributed by atoms with van der Waals surface area (Å²) in [5.74, 6) is 0. The molecule has 9 heteroatoms. The summed E-state index contributed by atoms with van der Waals surface area (Å²) in [6.07, 6.45) is 1.99. The van der Waals surface area contributed by atoms with Gasteiger partial charge in [0.25, 0.3) is 10.1 Å². The smallest absolute Gasteiger partial charge is 0.410 e. The molecular weight excluding hydrogens is 425 g/mol. The number of benzene rings is 1. The van der Waals surface area contributed by atoms with Crippen molar-refractivity contribution in [2.75, 3.05) is 26.0 Å². The Labute approximate surface area is 176 Å². The van der Waals surface area contributed by atoms with Crippen molar-refractivity contribution >= 4 is 39.4 Å². The van der Waals surface area contributed by atoms with E-state index in [1.807, 2.05) is 32.9 Å². The molecule has 6 nitrogen and oxygen atoms in total. The van der Waals surface area contributed by atoms with Gasteiger partial charge in [-0.2, -0.15) is 8.42 Å². The Hall–Kier alpha value is -1.02. The number of nitrogens with zero attached hydrogens (tertiary/aromatic N) is 1. The van der Waals surface area contributed by atoms with Crippen LogP contribution in [0.2, 0.25) is 10.0 Å². The summed E-state index contributed by atoms with van der Waals surface area (Å²) in [5, 5.41) is 0.916. The molecule has 28 heavy (non-hydrogen) atoms. The molecule has 2 aliphatic rings. The molecule has 1 aromatic carbocycles. The maximum Gasteiger partial charge on any atom is 0.410 e. The summed E-state index contributed by atoms with van der Waals surface area (Å²) in [4.78, 5) is 14.2. The molecule has 0 bridgehead atoms. The summed E-state index contributed by atoms with van der Waals surface area (Å²) in [6.45, 7) is 6.32. The van der Waals surface area contributed by atoms with Gasteiger partial charge in [-0.3, -0.25) is 4.18 Å². The van der Waals surface area contributed by atoms with Gasteiger partial charge < -0.3 is 9.64 Å². The first-order valence-electron chi connectivity index (χ1n) is 9.05. The summed E-state index contributed by atoms with van der Waals surface area (Å²) in [5.41, 5.74) is -0.426. The predicted octanol–water partition coefficient (Wildman–Crippen LogP) is 4.24. The first-order chi connectivity index (χ1) is 12.8. The van der Waals surface area contributed by atoms with E-state index in [1.165, 1.54) is 0 Å². The molecule has 0 aromatic heterocycles. The second kappa shape index (κ2) is 7.04. The average Bonchev–Trinajstić information content (AvgIpc) is 3.23. The Bertz CT molecular complexity index is 898. The number of likely N-dealkylation sites (tertiary alicyclic amines) is 1. The molecule has 1 heterocycles. The highest BCUT2D eigenvalue weighted by Gasteiger charge is 2.70. The minimum Gasteiger partial charge on any atom is -0.444 e. The fourth-order valence-electron chi connectivity index (χ4n) is 4.15. The van der Waals surface area contributed by atoms with Gasteiger partial charge in [-0.15, -0.1) is 0 Å². The minimum atomic E-state index is -3.61. The maximum absolute atomic E-state index is 12.6. The maximum atomic E-state index is 12.6. The zero-order valence-corrected chi connectivity index (χ0v) is 18.7. The van der Waals surface area contributed by atoms with E-state index in [0.29, 0.717) is 36.0 Å². The molecule has 0 N–H and O–H groups in total. The van der Waals surface area contributed by atoms with Gasteiger partial charge in [0, 0.05) is 23.9 Å². The molecule has 2 fully saturated rings.